The molecule has 1 aromatic heterocycles. The number of benzene rings is 2. The minimum absolute atomic E-state index is 0.0510. The maximum atomic E-state index is 13.9. The molecule has 2 aromatic carbocycles. The molecule has 6 heteroatoms. The van der Waals surface area contributed by atoms with Gasteiger partial charge in [-0.2, -0.15) is 0 Å². The number of fused-ring (bicyclic) bond motifs is 1. The molecular formula is C15H10BrFN2O2. The third-order valence-electron chi connectivity index (χ3n) is 3.32. The Labute approximate surface area is 128 Å². The number of hydrogen-bond donors (Lipinski definition) is 0. The smallest absolute Gasteiger partial charge is 0.270 e. The van der Waals surface area contributed by atoms with Gasteiger partial charge >= 0.3 is 0 Å². The van der Waals surface area contributed by atoms with Crippen LogP contribution >= 0.6 is 15.9 Å². The standard InChI is InChI=1S/C15H10BrFN2O2/c16-12-2-1-11(14(17)8-12)9-18-6-5-10-7-13(19(20)21)3-4-15(10)18/h1-8H,9H2. The molecule has 106 valence electrons. The van der Waals surface area contributed by atoms with Crippen LogP contribution in [0, 0.1) is 15.9 Å². The fraction of sp³-hybridized carbons (Fsp3) is 0.0667. The number of hydrogen-bond acceptors (Lipinski definition) is 2. The summed E-state index contributed by atoms with van der Waals surface area (Å²) in [6.07, 6.45) is 1.80. The van der Waals surface area contributed by atoms with Crippen molar-refractivity contribution in [2.24, 2.45) is 0 Å². The van der Waals surface area contributed by atoms with E-state index in [4.69, 9.17) is 0 Å². The Kier molecular flexibility index (Phi) is 3.47. The van der Waals surface area contributed by atoms with Crippen molar-refractivity contribution in [2.45, 2.75) is 6.54 Å². The molecule has 0 amide bonds. The van der Waals surface area contributed by atoms with E-state index in [1.165, 1.54) is 18.2 Å². The van der Waals surface area contributed by atoms with Crippen molar-refractivity contribution in [3.05, 3.63) is 74.6 Å². The highest BCUT2D eigenvalue weighted by molar-refractivity contribution is 9.10. The van der Waals surface area contributed by atoms with Crippen LogP contribution in [0.15, 0.2) is 53.1 Å². The third-order valence-corrected chi connectivity index (χ3v) is 3.81. The first-order valence-corrected chi connectivity index (χ1v) is 7.01. The van der Waals surface area contributed by atoms with Gasteiger partial charge in [0.05, 0.1) is 11.5 Å². The summed E-state index contributed by atoms with van der Waals surface area (Å²) in [6, 6.07) is 11.4. The van der Waals surface area contributed by atoms with E-state index in [1.807, 2.05) is 4.57 Å². The van der Waals surface area contributed by atoms with E-state index in [0.29, 0.717) is 16.6 Å². The summed E-state index contributed by atoms with van der Waals surface area (Å²) in [4.78, 5) is 10.3. The van der Waals surface area contributed by atoms with Crippen molar-refractivity contribution in [1.82, 2.24) is 4.57 Å². The van der Waals surface area contributed by atoms with Crippen molar-refractivity contribution in [2.75, 3.05) is 0 Å². The minimum Gasteiger partial charge on any atom is -0.343 e. The SMILES string of the molecule is O=[N+]([O-])c1ccc2c(ccn2Cc2ccc(Br)cc2F)c1. The molecule has 0 aliphatic rings. The zero-order chi connectivity index (χ0) is 15.0. The molecule has 0 saturated heterocycles. The number of nitro benzene ring substituents is 1. The molecule has 0 unspecified atom stereocenters. The molecule has 0 radical (unpaired) electrons. The Hall–Kier alpha value is -2.21. The molecule has 4 nitrogen and oxygen atoms in total. The highest BCUT2D eigenvalue weighted by Crippen LogP contribution is 2.23. The summed E-state index contributed by atoms with van der Waals surface area (Å²) >= 11 is 3.22. The quantitative estimate of drug-likeness (QED) is 0.516. The van der Waals surface area contributed by atoms with E-state index in [9.17, 15) is 14.5 Å². The largest absolute Gasteiger partial charge is 0.343 e. The predicted octanol–water partition coefficient (Wildman–Crippen LogP) is 4.50. The molecule has 0 bridgehead atoms. The fourth-order valence-corrected chi connectivity index (χ4v) is 2.61. The van der Waals surface area contributed by atoms with Crippen LogP contribution in [0.1, 0.15) is 5.56 Å². The lowest BCUT2D eigenvalue weighted by Crippen LogP contribution is -2.00. The summed E-state index contributed by atoms with van der Waals surface area (Å²) in [6.45, 7) is 0.375. The summed E-state index contributed by atoms with van der Waals surface area (Å²) in [5, 5.41) is 11.5. The zero-order valence-corrected chi connectivity index (χ0v) is 12.4. The second-order valence-electron chi connectivity index (χ2n) is 4.68. The third kappa shape index (κ3) is 2.67. The summed E-state index contributed by atoms with van der Waals surface area (Å²) in [7, 11) is 0. The van der Waals surface area contributed by atoms with Crippen molar-refractivity contribution in [3.8, 4) is 0 Å². The Morgan fingerprint density at radius 3 is 2.71 bits per heavy atom. The second-order valence-corrected chi connectivity index (χ2v) is 5.60. The van der Waals surface area contributed by atoms with Gasteiger partial charge in [-0.3, -0.25) is 10.1 Å². The Morgan fingerprint density at radius 1 is 1.19 bits per heavy atom. The molecule has 0 aliphatic carbocycles. The van der Waals surface area contributed by atoms with Gasteiger partial charge in [-0.05, 0) is 24.3 Å². The van der Waals surface area contributed by atoms with Gasteiger partial charge in [0.25, 0.3) is 5.69 Å². The van der Waals surface area contributed by atoms with Crippen LogP contribution in [0.3, 0.4) is 0 Å². The molecule has 0 N–H and O–H groups in total. The lowest BCUT2D eigenvalue weighted by atomic mass is 10.2. The lowest BCUT2D eigenvalue weighted by Gasteiger charge is -2.07. The highest BCUT2D eigenvalue weighted by atomic mass is 79.9. The van der Waals surface area contributed by atoms with Crippen LogP contribution < -0.4 is 0 Å². The van der Waals surface area contributed by atoms with E-state index in [-0.39, 0.29) is 11.5 Å². The van der Waals surface area contributed by atoms with Crippen LogP contribution in [-0.4, -0.2) is 9.49 Å². The molecule has 3 aromatic rings. The van der Waals surface area contributed by atoms with E-state index in [2.05, 4.69) is 15.9 Å². The first-order chi connectivity index (χ1) is 10.0. The van der Waals surface area contributed by atoms with Crippen molar-refractivity contribution >= 4 is 32.5 Å². The maximum absolute atomic E-state index is 13.9. The van der Waals surface area contributed by atoms with Gasteiger partial charge in [0.15, 0.2) is 0 Å². The van der Waals surface area contributed by atoms with Gasteiger partial charge in [0, 0.05) is 39.3 Å². The number of rotatable bonds is 3. The number of nitrogens with zero attached hydrogens (tertiary/aromatic N) is 2. The molecule has 0 spiro atoms. The molecule has 21 heavy (non-hydrogen) atoms. The van der Waals surface area contributed by atoms with E-state index < -0.39 is 4.92 Å². The normalized spacial score (nSPS) is 11.0. The van der Waals surface area contributed by atoms with Crippen LogP contribution in [0.4, 0.5) is 10.1 Å². The molecule has 0 aliphatic heterocycles. The van der Waals surface area contributed by atoms with Gasteiger partial charge < -0.3 is 4.57 Å². The number of nitro groups is 1. The van der Waals surface area contributed by atoms with Gasteiger partial charge in [0.1, 0.15) is 5.82 Å². The topological polar surface area (TPSA) is 48.1 Å². The zero-order valence-electron chi connectivity index (χ0n) is 10.8. The van der Waals surface area contributed by atoms with Crippen LogP contribution in [0.25, 0.3) is 10.9 Å². The average Bonchev–Trinajstić information content (AvgIpc) is 2.84. The fourth-order valence-electron chi connectivity index (χ4n) is 2.27. The molecule has 3 rings (SSSR count). The Bertz CT molecular complexity index is 845. The Balaban J connectivity index is 1.99. The Morgan fingerprint density at radius 2 is 2.00 bits per heavy atom. The monoisotopic (exact) mass is 348 g/mol. The van der Waals surface area contributed by atoms with E-state index in [0.717, 1.165) is 10.9 Å². The predicted molar refractivity (Wildman–Crippen MR) is 81.8 cm³/mol. The van der Waals surface area contributed by atoms with Gasteiger partial charge in [-0.15, -0.1) is 0 Å². The van der Waals surface area contributed by atoms with Crippen molar-refractivity contribution < 1.29 is 9.31 Å². The van der Waals surface area contributed by atoms with E-state index in [1.54, 1.807) is 30.5 Å². The van der Waals surface area contributed by atoms with E-state index >= 15 is 0 Å². The maximum Gasteiger partial charge on any atom is 0.270 e. The average molecular weight is 349 g/mol. The van der Waals surface area contributed by atoms with Crippen molar-refractivity contribution in [3.63, 3.8) is 0 Å². The number of halogens is 2. The summed E-state index contributed by atoms with van der Waals surface area (Å²) in [5.41, 5.74) is 1.45. The van der Waals surface area contributed by atoms with Gasteiger partial charge in [-0.25, -0.2) is 4.39 Å². The van der Waals surface area contributed by atoms with Gasteiger partial charge in [-0.1, -0.05) is 22.0 Å². The van der Waals surface area contributed by atoms with Gasteiger partial charge in [0.2, 0.25) is 0 Å². The molecular weight excluding hydrogens is 339 g/mol. The second kappa shape index (κ2) is 5.29. The summed E-state index contributed by atoms with van der Waals surface area (Å²) in [5.74, 6) is -0.284. The van der Waals surface area contributed by atoms with Crippen molar-refractivity contribution in [1.29, 1.82) is 0 Å². The minimum atomic E-state index is -0.425. The molecule has 0 saturated carbocycles. The van der Waals surface area contributed by atoms with Crippen LogP contribution in [-0.2, 0) is 6.54 Å². The van der Waals surface area contributed by atoms with Crippen LogP contribution in [0.2, 0.25) is 0 Å². The molecule has 0 fully saturated rings. The highest BCUT2D eigenvalue weighted by Gasteiger charge is 2.10. The lowest BCUT2D eigenvalue weighted by molar-refractivity contribution is -0.384. The number of non-ortho nitro benzene ring substituents is 1. The molecule has 0 atom stereocenters. The molecule has 1 heterocycles. The van der Waals surface area contributed by atoms with Crippen LogP contribution in [0.5, 0.6) is 0 Å². The first kappa shape index (κ1) is 13.8. The summed E-state index contributed by atoms with van der Waals surface area (Å²) < 4.78 is 16.4. The number of aromatic nitrogens is 1. The first-order valence-electron chi connectivity index (χ1n) is 6.22.